The van der Waals surface area contributed by atoms with Crippen molar-refractivity contribution in [1.82, 2.24) is 16.0 Å². The van der Waals surface area contributed by atoms with Crippen LogP contribution in [-0.4, -0.2) is 38.1 Å². The maximum atomic E-state index is 10.9. The van der Waals surface area contributed by atoms with Gasteiger partial charge in [0, 0.05) is 32.1 Å². The molecule has 1 rings (SSSR count). The molecule has 0 atom stereocenters. The third-order valence-electron chi connectivity index (χ3n) is 3.72. The SMILES string of the molecule is CCNC(=NCc1ccc(C)cc1OCCC(C)C)NCCNC(C)=O. The monoisotopic (exact) mass is 362 g/mol. The zero-order valence-electron chi connectivity index (χ0n) is 16.8. The van der Waals surface area contributed by atoms with Crippen LogP contribution in [-0.2, 0) is 11.3 Å². The van der Waals surface area contributed by atoms with Gasteiger partial charge in [0.2, 0.25) is 5.91 Å². The standard InChI is InChI=1S/C20H34N4O2/c1-6-21-20(23-11-10-22-17(5)25)24-14-18-8-7-16(4)13-19(18)26-12-9-15(2)3/h7-8,13,15H,6,9-12,14H2,1-5H3,(H,22,25)(H2,21,23,24). The van der Waals surface area contributed by atoms with Crippen LogP contribution >= 0.6 is 0 Å². The number of ether oxygens (including phenoxy) is 1. The number of rotatable bonds is 10. The lowest BCUT2D eigenvalue weighted by atomic mass is 10.1. The van der Waals surface area contributed by atoms with Crippen LogP contribution in [0.1, 0.15) is 45.2 Å². The van der Waals surface area contributed by atoms with E-state index in [-0.39, 0.29) is 5.91 Å². The molecule has 0 saturated heterocycles. The first-order valence-corrected chi connectivity index (χ1v) is 9.41. The summed E-state index contributed by atoms with van der Waals surface area (Å²) >= 11 is 0. The van der Waals surface area contributed by atoms with Gasteiger partial charge in [0.25, 0.3) is 0 Å². The number of guanidine groups is 1. The minimum atomic E-state index is -0.0309. The highest BCUT2D eigenvalue weighted by atomic mass is 16.5. The Morgan fingerprint density at radius 2 is 1.92 bits per heavy atom. The van der Waals surface area contributed by atoms with Gasteiger partial charge in [-0.1, -0.05) is 26.0 Å². The molecule has 6 heteroatoms. The molecule has 0 fully saturated rings. The van der Waals surface area contributed by atoms with E-state index in [0.29, 0.717) is 32.2 Å². The molecule has 0 radical (unpaired) electrons. The molecule has 0 bridgehead atoms. The van der Waals surface area contributed by atoms with Gasteiger partial charge in [-0.25, -0.2) is 4.99 Å². The van der Waals surface area contributed by atoms with Crippen LogP contribution in [0.4, 0.5) is 0 Å². The second-order valence-corrected chi connectivity index (χ2v) is 6.75. The molecule has 0 unspecified atom stereocenters. The lowest BCUT2D eigenvalue weighted by molar-refractivity contribution is -0.118. The first-order chi connectivity index (χ1) is 12.4. The second kappa shape index (κ2) is 12.2. The Balaban J connectivity index is 2.69. The fourth-order valence-corrected chi connectivity index (χ4v) is 2.26. The second-order valence-electron chi connectivity index (χ2n) is 6.75. The summed E-state index contributed by atoms with van der Waals surface area (Å²) in [5.41, 5.74) is 2.25. The summed E-state index contributed by atoms with van der Waals surface area (Å²) in [6, 6.07) is 6.23. The molecule has 0 aliphatic heterocycles. The van der Waals surface area contributed by atoms with Gasteiger partial charge in [0.15, 0.2) is 5.96 Å². The summed E-state index contributed by atoms with van der Waals surface area (Å²) in [5.74, 6) is 2.22. The number of nitrogens with one attached hydrogen (secondary N) is 3. The minimum Gasteiger partial charge on any atom is -0.493 e. The van der Waals surface area contributed by atoms with Crippen LogP contribution in [0.15, 0.2) is 23.2 Å². The number of benzene rings is 1. The van der Waals surface area contributed by atoms with Crippen molar-refractivity contribution in [2.45, 2.75) is 47.6 Å². The quantitative estimate of drug-likeness (QED) is 0.340. The number of amides is 1. The van der Waals surface area contributed by atoms with E-state index in [9.17, 15) is 4.79 Å². The van der Waals surface area contributed by atoms with Gasteiger partial charge in [-0.3, -0.25) is 4.79 Å². The summed E-state index contributed by atoms with van der Waals surface area (Å²) in [6.07, 6.45) is 1.03. The number of carbonyl (C=O) groups excluding carboxylic acids is 1. The molecule has 6 nitrogen and oxygen atoms in total. The molecule has 3 N–H and O–H groups in total. The molecule has 0 heterocycles. The van der Waals surface area contributed by atoms with E-state index in [0.717, 1.165) is 30.2 Å². The Morgan fingerprint density at radius 1 is 1.19 bits per heavy atom. The first kappa shape index (κ1) is 21.8. The van der Waals surface area contributed by atoms with Crippen molar-refractivity contribution in [1.29, 1.82) is 0 Å². The molecule has 0 aliphatic carbocycles. The first-order valence-electron chi connectivity index (χ1n) is 9.41. The molecule has 1 aromatic rings. The van der Waals surface area contributed by atoms with Crippen molar-refractivity contribution < 1.29 is 9.53 Å². The fourth-order valence-electron chi connectivity index (χ4n) is 2.26. The molecule has 146 valence electrons. The van der Waals surface area contributed by atoms with E-state index in [1.54, 1.807) is 0 Å². The molecular formula is C20H34N4O2. The normalized spacial score (nSPS) is 11.4. The summed E-state index contributed by atoms with van der Waals surface area (Å²) in [5, 5.41) is 9.19. The molecule has 1 amide bonds. The fraction of sp³-hybridized carbons (Fsp3) is 0.600. The van der Waals surface area contributed by atoms with Gasteiger partial charge in [0.1, 0.15) is 5.75 Å². The van der Waals surface area contributed by atoms with E-state index < -0.39 is 0 Å². The number of nitrogens with zero attached hydrogens (tertiary/aromatic N) is 1. The molecule has 0 spiro atoms. The Hall–Kier alpha value is -2.24. The van der Waals surface area contributed by atoms with Crippen molar-refractivity contribution in [3.05, 3.63) is 29.3 Å². The molecule has 26 heavy (non-hydrogen) atoms. The summed E-state index contributed by atoms with van der Waals surface area (Å²) < 4.78 is 5.99. The largest absolute Gasteiger partial charge is 0.493 e. The predicted molar refractivity (Wildman–Crippen MR) is 108 cm³/mol. The van der Waals surface area contributed by atoms with Crippen LogP contribution in [0.3, 0.4) is 0 Å². The van der Waals surface area contributed by atoms with Gasteiger partial charge >= 0.3 is 0 Å². The smallest absolute Gasteiger partial charge is 0.216 e. The number of hydrogen-bond donors (Lipinski definition) is 3. The highest BCUT2D eigenvalue weighted by Crippen LogP contribution is 2.22. The van der Waals surface area contributed by atoms with Crippen molar-refractivity contribution >= 4 is 11.9 Å². The van der Waals surface area contributed by atoms with Crippen LogP contribution in [0, 0.1) is 12.8 Å². The minimum absolute atomic E-state index is 0.0309. The summed E-state index contributed by atoms with van der Waals surface area (Å²) in [4.78, 5) is 15.6. The molecule has 0 aliphatic rings. The number of aliphatic imine (C=N–C) groups is 1. The van der Waals surface area contributed by atoms with Crippen LogP contribution in [0.2, 0.25) is 0 Å². The summed E-state index contributed by atoms with van der Waals surface area (Å²) in [7, 11) is 0. The molecular weight excluding hydrogens is 328 g/mol. The van der Waals surface area contributed by atoms with Crippen molar-refractivity contribution in [3.8, 4) is 5.75 Å². The third kappa shape index (κ3) is 9.30. The summed E-state index contributed by atoms with van der Waals surface area (Å²) in [6.45, 7) is 13.2. The molecule has 0 aromatic heterocycles. The van der Waals surface area contributed by atoms with E-state index in [4.69, 9.17) is 4.74 Å². The zero-order valence-corrected chi connectivity index (χ0v) is 16.8. The highest BCUT2D eigenvalue weighted by molar-refractivity contribution is 5.80. The predicted octanol–water partition coefficient (Wildman–Crippen LogP) is 2.61. The van der Waals surface area contributed by atoms with E-state index in [1.165, 1.54) is 12.5 Å². The zero-order chi connectivity index (χ0) is 19.4. The van der Waals surface area contributed by atoms with Gasteiger partial charge in [-0.05, 0) is 37.8 Å². The topological polar surface area (TPSA) is 74.8 Å². The van der Waals surface area contributed by atoms with Crippen LogP contribution in [0.5, 0.6) is 5.75 Å². The number of carbonyl (C=O) groups is 1. The number of aryl methyl sites for hydroxylation is 1. The van der Waals surface area contributed by atoms with E-state index in [1.807, 2.05) is 6.92 Å². The highest BCUT2D eigenvalue weighted by Gasteiger charge is 2.06. The van der Waals surface area contributed by atoms with E-state index in [2.05, 4.69) is 59.9 Å². The van der Waals surface area contributed by atoms with Gasteiger partial charge in [-0.2, -0.15) is 0 Å². The average molecular weight is 363 g/mol. The Labute approximate surface area is 157 Å². The number of hydrogen-bond acceptors (Lipinski definition) is 3. The van der Waals surface area contributed by atoms with Gasteiger partial charge < -0.3 is 20.7 Å². The Morgan fingerprint density at radius 3 is 2.58 bits per heavy atom. The maximum absolute atomic E-state index is 10.9. The van der Waals surface area contributed by atoms with Gasteiger partial charge in [-0.15, -0.1) is 0 Å². The van der Waals surface area contributed by atoms with Crippen molar-refractivity contribution in [3.63, 3.8) is 0 Å². The van der Waals surface area contributed by atoms with Gasteiger partial charge in [0.05, 0.1) is 13.2 Å². The third-order valence-corrected chi connectivity index (χ3v) is 3.72. The lowest BCUT2D eigenvalue weighted by Crippen LogP contribution is -2.41. The average Bonchev–Trinajstić information content (AvgIpc) is 2.57. The van der Waals surface area contributed by atoms with Crippen molar-refractivity contribution in [2.24, 2.45) is 10.9 Å². The maximum Gasteiger partial charge on any atom is 0.216 e. The van der Waals surface area contributed by atoms with Crippen LogP contribution < -0.4 is 20.7 Å². The Kier molecular flexibility index (Phi) is 10.2. The van der Waals surface area contributed by atoms with E-state index >= 15 is 0 Å². The lowest BCUT2D eigenvalue weighted by Gasteiger charge is -2.14. The Bertz CT molecular complexity index is 585. The van der Waals surface area contributed by atoms with Crippen LogP contribution in [0.25, 0.3) is 0 Å². The van der Waals surface area contributed by atoms with Crippen molar-refractivity contribution in [2.75, 3.05) is 26.2 Å². The molecule has 0 saturated carbocycles. The molecule has 1 aromatic carbocycles.